The maximum absolute atomic E-state index is 12.0. The third-order valence-electron chi connectivity index (χ3n) is 10.6. The number of allylic oxidation sites excluding steroid dienone is 1. The fourth-order valence-corrected chi connectivity index (χ4v) is 13.1. The molecule has 42 heavy (non-hydrogen) atoms. The summed E-state index contributed by atoms with van der Waals surface area (Å²) in [5.41, 5.74) is -0.552. The first-order valence-electron chi connectivity index (χ1n) is 16.8. The fourth-order valence-electron chi connectivity index (χ4n) is 5.59. The van der Waals surface area contributed by atoms with E-state index in [0.29, 0.717) is 0 Å². The lowest BCUT2D eigenvalue weighted by atomic mass is 9.84. The van der Waals surface area contributed by atoms with Gasteiger partial charge in [0.1, 0.15) is 0 Å². The van der Waals surface area contributed by atoms with Crippen LogP contribution in [0.5, 0.6) is 0 Å². The summed E-state index contributed by atoms with van der Waals surface area (Å²) in [7, 11) is -4.72. The molecule has 0 aromatic heterocycles. The average molecular weight is 643 g/mol. The first-order valence-corrected chi connectivity index (χ1v) is 24.7. The smallest absolute Gasteiger partial charge is 0.330 e. The summed E-state index contributed by atoms with van der Waals surface area (Å²) >= 11 is 0. The topological polar surface area (TPSA) is 54.0 Å². The zero-order valence-electron chi connectivity index (χ0n) is 30.4. The molecule has 0 aliphatic heterocycles. The van der Waals surface area contributed by atoms with Crippen LogP contribution in [0.3, 0.4) is 0 Å². The Labute approximate surface area is 265 Å². The summed E-state index contributed by atoms with van der Waals surface area (Å²) in [5.74, 6) is -0.0348. The Morgan fingerprint density at radius 1 is 0.833 bits per heavy atom. The van der Waals surface area contributed by atoms with Gasteiger partial charge in [0.2, 0.25) is 0 Å². The van der Waals surface area contributed by atoms with E-state index in [4.69, 9.17) is 18.0 Å². The van der Waals surface area contributed by atoms with Crippen LogP contribution in [0.2, 0.25) is 54.4 Å². The van der Waals surface area contributed by atoms with Gasteiger partial charge < -0.3 is 18.0 Å². The summed E-state index contributed by atoms with van der Waals surface area (Å²) in [6.07, 6.45) is 6.94. The second-order valence-corrected chi connectivity index (χ2v) is 28.5. The minimum Gasteiger partial charge on any atom is -0.466 e. The highest BCUT2D eigenvalue weighted by Gasteiger charge is 2.49. The molecule has 0 unspecified atom stereocenters. The van der Waals surface area contributed by atoms with Crippen LogP contribution in [-0.4, -0.2) is 55.8 Å². The van der Waals surface area contributed by atoms with E-state index in [1.165, 1.54) is 7.11 Å². The van der Waals surface area contributed by atoms with E-state index in [2.05, 4.69) is 103 Å². The number of ether oxygens (including phenoxy) is 1. The molecule has 0 aromatic carbocycles. The van der Waals surface area contributed by atoms with Crippen molar-refractivity contribution in [2.24, 2.45) is 11.8 Å². The zero-order chi connectivity index (χ0) is 33.0. The minimum atomic E-state index is -2.08. The molecule has 5 nitrogen and oxygen atoms in total. The molecule has 8 heteroatoms. The van der Waals surface area contributed by atoms with E-state index in [1.807, 2.05) is 12.2 Å². The summed E-state index contributed by atoms with van der Waals surface area (Å²) in [5, 5.41) is 0.0932. The van der Waals surface area contributed by atoms with E-state index in [9.17, 15) is 4.79 Å². The predicted octanol–water partition coefficient (Wildman–Crippen LogP) is 10.5. The molecule has 0 bridgehead atoms. The maximum Gasteiger partial charge on any atom is 0.330 e. The first-order chi connectivity index (χ1) is 19.3. The normalized spacial score (nSPS) is 17.9. The lowest BCUT2D eigenvalue weighted by Gasteiger charge is -2.51. The highest BCUT2D eigenvalue weighted by molar-refractivity contribution is 6.74. The molecule has 5 atom stereocenters. The molecule has 0 heterocycles. The Morgan fingerprint density at radius 2 is 1.31 bits per heavy atom. The molecule has 0 aliphatic carbocycles. The van der Waals surface area contributed by atoms with Gasteiger partial charge in [-0.3, -0.25) is 0 Å². The van der Waals surface area contributed by atoms with E-state index >= 15 is 0 Å². The molecule has 0 fully saturated rings. The highest BCUT2D eigenvalue weighted by Crippen LogP contribution is 2.43. The van der Waals surface area contributed by atoms with Crippen LogP contribution >= 0.6 is 0 Å². The number of rotatable bonds is 21. The number of hydrogen-bond donors (Lipinski definition) is 0. The van der Waals surface area contributed by atoms with Crippen LogP contribution in [0.25, 0.3) is 0 Å². The van der Waals surface area contributed by atoms with Crippen molar-refractivity contribution in [1.82, 2.24) is 0 Å². The summed E-state index contributed by atoms with van der Waals surface area (Å²) in [6, 6.07) is 6.44. The minimum absolute atomic E-state index is 0.0291. The largest absolute Gasteiger partial charge is 0.466 e. The monoisotopic (exact) mass is 642 g/mol. The van der Waals surface area contributed by atoms with Crippen molar-refractivity contribution >= 4 is 30.9 Å². The van der Waals surface area contributed by atoms with Crippen LogP contribution in [0.15, 0.2) is 24.8 Å². The van der Waals surface area contributed by atoms with Crippen molar-refractivity contribution in [1.29, 1.82) is 0 Å². The van der Waals surface area contributed by atoms with Gasteiger partial charge in [-0.25, -0.2) is 4.79 Å². The summed E-state index contributed by atoms with van der Waals surface area (Å²) in [4.78, 5) is 12.0. The zero-order valence-corrected chi connectivity index (χ0v) is 33.4. The molecule has 0 saturated heterocycles. The second kappa shape index (κ2) is 17.8. The lowest BCUT2D eigenvalue weighted by molar-refractivity contribution is -0.134. The second-order valence-electron chi connectivity index (χ2n) is 14.3. The molecular weight excluding hydrogens is 573 g/mol. The molecule has 0 aromatic rings. The lowest BCUT2D eigenvalue weighted by Crippen LogP contribution is -2.58. The van der Waals surface area contributed by atoms with Crippen molar-refractivity contribution < 1.29 is 22.8 Å². The van der Waals surface area contributed by atoms with Crippen LogP contribution in [0, 0.1) is 11.8 Å². The summed E-state index contributed by atoms with van der Waals surface area (Å²) < 4.78 is 27.2. The van der Waals surface area contributed by atoms with Gasteiger partial charge in [-0.15, -0.1) is 6.58 Å². The molecule has 0 spiro atoms. The Morgan fingerprint density at radius 3 is 1.69 bits per heavy atom. The third-order valence-corrected chi connectivity index (χ3v) is 24.5. The van der Waals surface area contributed by atoms with Gasteiger partial charge in [0.05, 0.1) is 24.9 Å². The molecule has 248 valence electrons. The van der Waals surface area contributed by atoms with Crippen LogP contribution in [0.1, 0.15) is 95.9 Å². The van der Waals surface area contributed by atoms with Gasteiger partial charge in [0, 0.05) is 12.5 Å². The van der Waals surface area contributed by atoms with Crippen LogP contribution in [0.4, 0.5) is 0 Å². The Kier molecular flexibility index (Phi) is 17.6. The molecule has 0 N–H and O–H groups in total. The van der Waals surface area contributed by atoms with E-state index in [0.717, 1.165) is 49.1 Å². The molecule has 0 rings (SSSR count). The molecule has 0 saturated carbocycles. The molecule has 0 amide bonds. The molecule has 0 aliphatic rings. The van der Waals surface area contributed by atoms with Crippen molar-refractivity contribution in [3.63, 3.8) is 0 Å². The number of carbonyl (C=O) groups excluding carboxylic acids is 1. The van der Waals surface area contributed by atoms with Gasteiger partial charge in [-0.2, -0.15) is 0 Å². The van der Waals surface area contributed by atoms with Crippen molar-refractivity contribution in [3.05, 3.63) is 24.8 Å². The Balaban J connectivity index is 7.21. The Bertz CT molecular complexity index is 813. The fraction of sp³-hybridized carbons (Fsp3) is 0.853. The third kappa shape index (κ3) is 11.8. The van der Waals surface area contributed by atoms with Crippen molar-refractivity contribution in [2.45, 2.75) is 168 Å². The predicted molar refractivity (Wildman–Crippen MR) is 190 cm³/mol. The number of carbonyl (C=O) groups is 1. The number of esters is 1. The Hall–Kier alpha value is -0.519. The molecular formula is C34H70O5Si3. The van der Waals surface area contributed by atoms with E-state index in [-0.39, 0.29) is 35.1 Å². The van der Waals surface area contributed by atoms with Crippen LogP contribution in [-0.2, 0) is 22.8 Å². The van der Waals surface area contributed by atoms with E-state index < -0.39 is 30.6 Å². The van der Waals surface area contributed by atoms with Crippen molar-refractivity contribution in [3.8, 4) is 0 Å². The van der Waals surface area contributed by atoms with Crippen LogP contribution < -0.4 is 0 Å². The summed E-state index contributed by atoms with van der Waals surface area (Å²) in [6.45, 7) is 36.3. The standard InChI is InChI=1S/C34H70O5Si3/c1-17-29(9)30(37-40(15,16)33(10,11)12)27-34(13,39-42(21-5,22-6)23-7)31(38-41(18-2,19-3)20-4)26-28(8)24-25-32(35)36-14/h17,24-25,28-31H,1,18-23,26-27H2,2-16H3/b25-24+/t28-,29-,30+,31+,34-/m1/s1. The SMILES string of the molecule is C=C[C@@H](C)[C@H](C[C@@](C)(O[Si](CC)(CC)CC)[C@H](C[C@H](C)/C=C/C(=O)OC)O[Si](CC)(CC)CC)O[Si](C)(C)C(C)(C)C. The van der Waals surface area contributed by atoms with Crippen molar-refractivity contribution in [2.75, 3.05) is 7.11 Å². The number of methoxy groups -OCH3 is 1. The van der Waals surface area contributed by atoms with Gasteiger partial charge >= 0.3 is 5.97 Å². The van der Waals surface area contributed by atoms with Gasteiger partial charge in [0.15, 0.2) is 25.0 Å². The average Bonchev–Trinajstić information content (AvgIpc) is 2.95. The quantitative estimate of drug-likeness (QED) is 0.0540. The first kappa shape index (κ1) is 41.5. The van der Waals surface area contributed by atoms with Gasteiger partial charge in [-0.05, 0) is 79.6 Å². The van der Waals surface area contributed by atoms with E-state index in [1.54, 1.807) is 6.08 Å². The maximum atomic E-state index is 12.0. The van der Waals surface area contributed by atoms with Gasteiger partial charge in [-0.1, -0.05) is 88.3 Å². The van der Waals surface area contributed by atoms with Gasteiger partial charge in [0.25, 0.3) is 0 Å². The highest BCUT2D eigenvalue weighted by atomic mass is 28.4. The molecule has 0 radical (unpaired) electrons. The number of hydrogen-bond acceptors (Lipinski definition) is 5.